The lowest BCUT2D eigenvalue weighted by Gasteiger charge is -2.11. The Balaban J connectivity index is 1.81. The van der Waals surface area contributed by atoms with Gasteiger partial charge in [-0.2, -0.15) is 10.1 Å². The molecule has 3 aromatic rings. The Kier molecular flexibility index (Phi) is 5.05. The summed E-state index contributed by atoms with van der Waals surface area (Å²) in [5, 5.41) is 6.10. The molecule has 0 aliphatic carbocycles. The van der Waals surface area contributed by atoms with Crippen molar-refractivity contribution in [3.8, 4) is 0 Å². The number of carbonyl (C=O) groups excluding carboxylic acids is 1. The topological polar surface area (TPSA) is 32.7 Å². The van der Waals surface area contributed by atoms with Crippen molar-refractivity contribution in [2.24, 2.45) is 5.10 Å². The van der Waals surface area contributed by atoms with Crippen molar-refractivity contribution in [2.45, 2.75) is 0 Å². The van der Waals surface area contributed by atoms with Crippen molar-refractivity contribution in [3.63, 3.8) is 0 Å². The van der Waals surface area contributed by atoms with Crippen molar-refractivity contribution < 1.29 is 4.79 Å². The summed E-state index contributed by atoms with van der Waals surface area (Å²) < 4.78 is 1.95. The molecule has 0 saturated heterocycles. The second kappa shape index (κ2) is 7.62. The Hall–Kier alpha value is -2.50. The predicted octanol–water partition coefficient (Wildman–Crippen LogP) is 6.05. The molecule has 3 aromatic carbocycles. The Labute approximate surface area is 174 Å². The van der Waals surface area contributed by atoms with E-state index in [1.165, 1.54) is 5.01 Å². The van der Waals surface area contributed by atoms with E-state index in [0.29, 0.717) is 11.3 Å². The van der Waals surface area contributed by atoms with Crippen molar-refractivity contribution in [2.75, 3.05) is 5.01 Å². The molecule has 0 atom stereocenters. The Morgan fingerprint density at radius 2 is 1.37 bits per heavy atom. The molecule has 0 aromatic heterocycles. The molecule has 0 saturated carbocycles. The molecule has 0 N–H and O–H groups in total. The van der Waals surface area contributed by atoms with Crippen LogP contribution in [0.5, 0.6) is 0 Å². The molecule has 0 radical (unpaired) electrons. The normalized spacial score (nSPS) is 15.3. The second-order valence-corrected chi connectivity index (χ2v) is 7.85. The number of hydrogen-bond donors (Lipinski definition) is 0. The third-order valence-electron chi connectivity index (χ3n) is 4.18. The molecular weight excluding hydrogens is 468 g/mol. The van der Waals surface area contributed by atoms with Crippen LogP contribution in [0, 0.1) is 0 Å². The van der Waals surface area contributed by atoms with Crippen LogP contribution in [0.15, 0.2) is 98.5 Å². The summed E-state index contributed by atoms with van der Waals surface area (Å²) in [5.41, 5.74) is 3.84. The highest BCUT2D eigenvalue weighted by atomic mass is 79.9. The molecule has 0 spiro atoms. The van der Waals surface area contributed by atoms with Crippen molar-refractivity contribution in [1.82, 2.24) is 0 Å². The van der Waals surface area contributed by atoms with E-state index in [-0.39, 0.29) is 5.91 Å². The molecule has 0 unspecified atom stereocenters. The molecule has 3 nitrogen and oxygen atoms in total. The number of halogens is 2. The van der Waals surface area contributed by atoms with Gasteiger partial charge in [0.05, 0.1) is 11.3 Å². The average Bonchev–Trinajstić information content (AvgIpc) is 3.01. The molecular formula is C22H14Br2N2O. The molecule has 5 heteroatoms. The summed E-state index contributed by atoms with van der Waals surface area (Å²) in [5.74, 6) is -0.140. The number of nitrogens with zero attached hydrogens (tertiary/aromatic N) is 2. The summed E-state index contributed by atoms with van der Waals surface area (Å²) in [6, 6.07) is 25.2. The van der Waals surface area contributed by atoms with Crippen molar-refractivity contribution in [1.29, 1.82) is 0 Å². The van der Waals surface area contributed by atoms with Crippen LogP contribution in [-0.4, -0.2) is 11.6 Å². The molecule has 1 amide bonds. The molecule has 1 heterocycles. The maximum absolute atomic E-state index is 13.2. The summed E-state index contributed by atoms with van der Waals surface area (Å²) >= 11 is 6.87. The fourth-order valence-electron chi connectivity index (χ4n) is 2.84. The second-order valence-electron chi connectivity index (χ2n) is 6.02. The van der Waals surface area contributed by atoms with Crippen molar-refractivity contribution >= 4 is 55.2 Å². The molecule has 1 aliphatic rings. The smallest absolute Gasteiger partial charge is 0.267 e. The maximum atomic E-state index is 13.2. The van der Waals surface area contributed by atoms with E-state index in [0.717, 1.165) is 25.8 Å². The molecule has 1 aliphatic heterocycles. The third kappa shape index (κ3) is 3.80. The highest BCUT2D eigenvalue weighted by Crippen LogP contribution is 2.29. The zero-order valence-electron chi connectivity index (χ0n) is 14.1. The quantitative estimate of drug-likeness (QED) is 0.419. The zero-order chi connectivity index (χ0) is 18.8. The molecule has 132 valence electrons. The van der Waals surface area contributed by atoms with Gasteiger partial charge in [0.15, 0.2) is 0 Å². The monoisotopic (exact) mass is 480 g/mol. The Morgan fingerprint density at radius 3 is 2.00 bits per heavy atom. The van der Waals surface area contributed by atoms with Crippen LogP contribution in [0.4, 0.5) is 5.69 Å². The molecule has 27 heavy (non-hydrogen) atoms. The minimum Gasteiger partial charge on any atom is -0.267 e. The van der Waals surface area contributed by atoms with Crippen LogP contribution in [0.2, 0.25) is 0 Å². The summed E-state index contributed by atoms with van der Waals surface area (Å²) in [7, 11) is 0. The third-order valence-corrected chi connectivity index (χ3v) is 5.23. The van der Waals surface area contributed by atoms with Crippen LogP contribution >= 0.6 is 31.9 Å². The van der Waals surface area contributed by atoms with E-state index in [4.69, 9.17) is 0 Å². The SMILES string of the molecule is O=C1/C(=C\c2ccc(Br)cc2)C(c2ccccc2)=NN1c1ccc(Br)cc1. The van der Waals surface area contributed by atoms with Gasteiger partial charge >= 0.3 is 0 Å². The number of amides is 1. The highest BCUT2D eigenvalue weighted by Gasteiger charge is 2.31. The summed E-state index contributed by atoms with van der Waals surface area (Å²) in [6.07, 6.45) is 1.89. The number of benzene rings is 3. The highest BCUT2D eigenvalue weighted by molar-refractivity contribution is 9.10. The van der Waals surface area contributed by atoms with Gasteiger partial charge in [-0.25, -0.2) is 0 Å². The van der Waals surface area contributed by atoms with E-state index >= 15 is 0 Å². The minimum atomic E-state index is -0.140. The van der Waals surface area contributed by atoms with E-state index in [1.807, 2.05) is 84.9 Å². The Bertz CT molecular complexity index is 1040. The first kappa shape index (κ1) is 17.9. The van der Waals surface area contributed by atoms with Crippen LogP contribution in [0.1, 0.15) is 11.1 Å². The van der Waals surface area contributed by atoms with Gasteiger partial charge in [-0.3, -0.25) is 4.79 Å². The Morgan fingerprint density at radius 1 is 0.778 bits per heavy atom. The molecule has 0 fully saturated rings. The van der Waals surface area contributed by atoms with Gasteiger partial charge in [0.25, 0.3) is 5.91 Å². The van der Waals surface area contributed by atoms with E-state index < -0.39 is 0 Å². The number of rotatable bonds is 3. The maximum Gasteiger partial charge on any atom is 0.281 e. The first-order chi connectivity index (χ1) is 13.1. The van der Waals surface area contributed by atoms with Crippen LogP contribution in [-0.2, 0) is 4.79 Å². The fraction of sp³-hybridized carbons (Fsp3) is 0. The van der Waals surface area contributed by atoms with Gasteiger partial charge in [0, 0.05) is 14.5 Å². The van der Waals surface area contributed by atoms with E-state index in [2.05, 4.69) is 37.0 Å². The first-order valence-corrected chi connectivity index (χ1v) is 9.92. The number of carbonyl (C=O) groups is 1. The number of hydrazone groups is 1. The van der Waals surface area contributed by atoms with Gasteiger partial charge in [-0.05, 0) is 48.0 Å². The lowest BCUT2D eigenvalue weighted by atomic mass is 10.0. The van der Waals surface area contributed by atoms with Gasteiger partial charge in [-0.1, -0.05) is 74.3 Å². The minimum absolute atomic E-state index is 0.140. The van der Waals surface area contributed by atoms with Gasteiger partial charge < -0.3 is 0 Å². The van der Waals surface area contributed by atoms with Crippen LogP contribution in [0.3, 0.4) is 0 Å². The van der Waals surface area contributed by atoms with Gasteiger partial charge in [0.1, 0.15) is 5.71 Å². The van der Waals surface area contributed by atoms with Gasteiger partial charge in [0.2, 0.25) is 0 Å². The number of anilines is 1. The zero-order valence-corrected chi connectivity index (χ0v) is 17.3. The van der Waals surface area contributed by atoms with Gasteiger partial charge in [-0.15, -0.1) is 0 Å². The lowest BCUT2D eigenvalue weighted by molar-refractivity contribution is -0.114. The molecule has 4 rings (SSSR count). The van der Waals surface area contributed by atoms with Crippen LogP contribution in [0.25, 0.3) is 6.08 Å². The van der Waals surface area contributed by atoms with E-state index in [9.17, 15) is 4.79 Å². The number of hydrogen-bond acceptors (Lipinski definition) is 2. The average molecular weight is 482 g/mol. The molecule has 0 bridgehead atoms. The lowest BCUT2D eigenvalue weighted by Crippen LogP contribution is -2.21. The fourth-order valence-corrected chi connectivity index (χ4v) is 3.37. The largest absolute Gasteiger partial charge is 0.281 e. The van der Waals surface area contributed by atoms with E-state index in [1.54, 1.807) is 0 Å². The standard InChI is InChI=1S/C22H14Br2N2O/c23-17-8-6-15(7-9-17)14-20-21(16-4-2-1-3-5-16)25-26(22(20)27)19-12-10-18(24)11-13-19/h1-14H/b20-14-. The summed E-state index contributed by atoms with van der Waals surface area (Å²) in [4.78, 5) is 13.2. The first-order valence-electron chi connectivity index (χ1n) is 8.33. The van der Waals surface area contributed by atoms with Crippen molar-refractivity contribution in [3.05, 3.63) is 105 Å². The summed E-state index contributed by atoms with van der Waals surface area (Å²) in [6.45, 7) is 0. The predicted molar refractivity (Wildman–Crippen MR) is 117 cm³/mol. The van der Waals surface area contributed by atoms with Crippen LogP contribution < -0.4 is 5.01 Å².